The minimum Gasteiger partial charge on any atom is -0.393 e. The van der Waals surface area contributed by atoms with Gasteiger partial charge in [0.1, 0.15) is 0 Å². The zero-order valence-electron chi connectivity index (χ0n) is 9.83. The van der Waals surface area contributed by atoms with Gasteiger partial charge in [-0.1, -0.05) is 18.0 Å². The van der Waals surface area contributed by atoms with Crippen LogP contribution < -0.4 is 5.32 Å². The molecular formula is C13H15BrClNO2. The number of benzene rings is 1. The molecular weight excluding hydrogens is 318 g/mol. The Morgan fingerprint density at radius 3 is 2.89 bits per heavy atom. The van der Waals surface area contributed by atoms with Crippen LogP contribution in [0.5, 0.6) is 0 Å². The highest BCUT2D eigenvalue weighted by Gasteiger charge is 2.25. The quantitative estimate of drug-likeness (QED) is 0.894. The van der Waals surface area contributed by atoms with Gasteiger partial charge in [-0.15, -0.1) is 0 Å². The van der Waals surface area contributed by atoms with Crippen molar-refractivity contribution < 1.29 is 9.90 Å². The van der Waals surface area contributed by atoms with E-state index in [2.05, 4.69) is 21.2 Å². The van der Waals surface area contributed by atoms with Gasteiger partial charge in [-0.2, -0.15) is 0 Å². The number of hydrogen-bond donors (Lipinski definition) is 2. The topological polar surface area (TPSA) is 49.3 Å². The lowest BCUT2D eigenvalue weighted by Gasteiger charge is -2.15. The Hall–Kier alpha value is -0.580. The molecule has 2 rings (SSSR count). The van der Waals surface area contributed by atoms with Crippen molar-refractivity contribution >= 4 is 33.4 Å². The van der Waals surface area contributed by atoms with E-state index in [-0.39, 0.29) is 17.9 Å². The molecule has 0 aliphatic heterocycles. The number of halogens is 2. The summed E-state index contributed by atoms with van der Waals surface area (Å²) in [6.45, 7) is 0.528. The average Bonchev–Trinajstić information content (AvgIpc) is 2.75. The number of aliphatic hydroxyl groups is 1. The largest absolute Gasteiger partial charge is 0.393 e. The molecule has 1 aromatic rings. The monoisotopic (exact) mass is 331 g/mol. The number of hydrogen-bond acceptors (Lipinski definition) is 2. The summed E-state index contributed by atoms with van der Waals surface area (Å²) in [5.41, 5.74) is 0.568. The molecule has 98 valence electrons. The third kappa shape index (κ3) is 3.25. The second-order valence-electron chi connectivity index (χ2n) is 4.60. The molecule has 0 spiro atoms. The van der Waals surface area contributed by atoms with Gasteiger partial charge in [-0.05, 0) is 47.0 Å². The summed E-state index contributed by atoms with van der Waals surface area (Å²) in [6.07, 6.45) is 2.58. The summed E-state index contributed by atoms with van der Waals surface area (Å²) in [7, 11) is 0. The van der Waals surface area contributed by atoms with E-state index in [4.69, 9.17) is 11.6 Å². The number of nitrogens with one attached hydrogen (secondary N) is 1. The first-order chi connectivity index (χ1) is 8.58. The second kappa shape index (κ2) is 6.04. The normalized spacial score (nSPS) is 23.1. The molecule has 0 aromatic heterocycles. The summed E-state index contributed by atoms with van der Waals surface area (Å²) in [5.74, 6) is 0.0520. The van der Waals surface area contributed by atoms with Crippen molar-refractivity contribution in [2.24, 2.45) is 5.92 Å². The molecule has 2 N–H and O–H groups in total. The Balaban J connectivity index is 1.93. The van der Waals surface area contributed by atoms with Gasteiger partial charge < -0.3 is 10.4 Å². The third-order valence-electron chi connectivity index (χ3n) is 3.33. The zero-order valence-corrected chi connectivity index (χ0v) is 12.2. The van der Waals surface area contributed by atoms with Crippen molar-refractivity contribution in [1.29, 1.82) is 0 Å². The van der Waals surface area contributed by atoms with Crippen LogP contribution in [0.25, 0.3) is 0 Å². The van der Waals surface area contributed by atoms with Gasteiger partial charge in [0.2, 0.25) is 0 Å². The van der Waals surface area contributed by atoms with Gasteiger partial charge in [-0.25, -0.2) is 0 Å². The van der Waals surface area contributed by atoms with Crippen molar-refractivity contribution in [2.75, 3.05) is 6.54 Å². The maximum atomic E-state index is 11.9. The van der Waals surface area contributed by atoms with E-state index >= 15 is 0 Å². The van der Waals surface area contributed by atoms with E-state index in [1.54, 1.807) is 18.2 Å². The molecule has 18 heavy (non-hydrogen) atoms. The van der Waals surface area contributed by atoms with Crippen LogP contribution in [0.2, 0.25) is 5.02 Å². The summed E-state index contributed by atoms with van der Waals surface area (Å²) >= 11 is 9.16. The average molecular weight is 333 g/mol. The molecule has 5 heteroatoms. The predicted octanol–water partition coefficient (Wildman–Crippen LogP) is 2.99. The van der Waals surface area contributed by atoms with Gasteiger partial charge in [0, 0.05) is 22.5 Å². The second-order valence-corrected chi connectivity index (χ2v) is 5.86. The summed E-state index contributed by atoms with van der Waals surface area (Å²) in [5, 5.41) is 13.1. The van der Waals surface area contributed by atoms with Crippen LogP contribution in [0.15, 0.2) is 22.7 Å². The Morgan fingerprint density at radius 1 is 1.50 bits per heavy atom. The first-order valence-electron chi connectivity index (χ1n) is 5.99. The molecule has 3 nitrogen and oxygen atoms in total. The zero-order chi connectivity index (χ0) is 13.1. The van der Waals surface area contributed by atoms with Crippen molar-refractivity contribution in [3.63, 3.8) is 0 Å². The van der Waals surface area contributed by atoms with E-state index in [0.717, 1.165) is 19.3 Å². The molecule has 0 radical (unpaired) electrons. The standard InChI is InChI=1S/C13H15BrClNO2/c14-10-6-8(4-5-11(10)15)13(18)16-7-9-2-1-3-12(9)17/h4-6,9,12,17H,1-3,7H2,(H,16,18). The highest BCUT2D eigenvalue weighted by molar-refractivity contribution is 9.10. The molecule has 2 atom stereocenters. The first-order valence-corrected chi connectivity index (χ1v) is 7.16. The molecule has 2 unspecified atom stereocenters. The van der Waals surface area contributed by atoms with Crippen LogP contribution in [0.1, 0.15) is 29.6 Å². The molecule has 0 heterocycles. The molecule has 1 amide bonds. The van der Waals surface area contributed by atoms with Gasteiger partial charge in [0.25, 0.3) is 5.91 Å². The van der Waals surface area contributed by atoms with Crippen molar-refractivity contribution in [2.45, 2.75) is 25.4 Å². The Morgan fingerprint density at radius 2 is 2.28 bits per heavy atom. The first kappa shape index (κ1) is 13.8. The number of aliphatic hydroxyl groups excluding tert-OH is 1. The van der Waals surface area contributed by atoms with E-state index in [1.807, 2.05) is 0 Å². The van der Waals surface area contributed by atoms with Crippen molar-refractivity contribution in [1.82, 2.24) is 5.32 Å². The minimum atomic E-state index is -0.276. The number of amides is 1. The van der Waals surface area contributed by atoms with Crippen LogP contribution >= 0.6 is 27.5 Å². The minimum absolute atomic E-state index is 0.133. The SMILES string of the molecule is O=C(NCC1CCCC1O)c1ccc(Cl)c(Br)c1. The summed E-state index contributed by atoms with van der Waals surface area (Å²) < 4.78 is 0.706. The van der Waals surface area contributed by atoms with Gasteiger partial charge >= 0.3 is 0 Å². The third-order valence-corrected chi connectivity index (χ3v) is 4.54. The molecule has 1 saturated carbocycles. The summed E-state index contributed by atoms with van der Waals surface area (Å²) in [4.78, 5) is 11.9. The fourth-order valence-electron chi connectivity index (χ4n) is 2.22. The maximum absolute atomic E-state index is 11.9. The van der Waals surface area contributed by atoms with Crippen LogP contribution in [0, 0.1) is 5.92 Å². The fraction of sp³-hybridized carbons (Fsp3) is 0.462. The van der Waals surface area contributed by atoms with E-state index in [9.17, 15) is 9.90 Å². The van der Waals surface area contributed by atoms with Crippen LogP contribution in [-0.4, -0.2) is 23.7 Å². The smallest absolute Gasteiger partial charge is 0.251 e. The Bertz CT molecular complexity index is 453. The van der Waals surface area contributed by atoms with Gasteiger partial charge in [0.05, 0.1) is 11.1 Å². The van der Waals surface area contributed by atoms with Gasteiger partial charge in [-0.3, -0.25) is 4.79 Å². The molecule has 1 fully saturated rings. The van der Waals surface area contributed by atoms with E-state index in [1.165, 1.54) is 0 Å². The van der Waals surface area contributed by atoms with Gasteiger partial charge in [0.15, 0.2) is 0 Å². The van der Waals surface area contributed by atoms with Crippen LogP contribution in [-0.2, 0) is 0 Å². The van der Waals surface area contributed by atoms with Crippen molar-refractivity contribution in [3.05, 3.63) is 33.3 Å². The van der Waals surface area contributed by atoms with E-state index in [0.29, 0.717) is 21.6 Å². The van der Waals surface area contributed by atoms with Crippen LogP contribution in [0.4, 0.5) is 0 Å². The lowest BCUT2D eigenvalue weighted by molar-refractivity contribution is 0.0917. The van der Waals surface area contributed by atoms with E-state index < -0.39 is 0 Å². The maximum Gasteiger partial charge on any atom is 0.251 e. The molecule has 0 bridgehead atoms. The fourth-order valence-corrected chi connectivity index (χ4v) is 2.71. The van der Waals surface area contributed by atoms with Crippen molar-refractivity contribution in [3.8, 4) is 0 Å². The predicted molar refractivity (Wildman–Crippen MR) is 74.8 cm³/mol. The number of carbonyl (C=O) groups excluding carboxylic acids is 1. The highest BCUT2D eigenvalue weighted by atomic mass is 79.9. The Labute approximate surface area is 120 Å². The number of rotatable bonds is 3. The number of carbonyl (C=O) groups is 1. The lowest BCUT2D eigenvalue weighted by Crippen LogP contribution is -2.32. The lowest BCUT2D eigenvalue weighted by atomic mass is 10.1. The van der Waals surface area contributed by atoms with Crippen LogP contribution in [0.3, 0.4) is 0 Å². The Kier molecular flexibility index (Phi) is 4.65. The molecule has 1 aliphatic carbocycles. The summed E-state index contributed by atoms with van der Waals surface area (Å²) in [6, 6.07) is 5.07. The highest BCUT2D eigenvalue weighted by Crippen LogP contribution is 2.25. The molecule has 1 aromatic carbocycles. The molecule has 0 saturated heterocycles. The molecule has 1 aliphatic rings.